The van der Waals surface area contributed by atoms with E-state index in [4.69, 9.17) is 0 Å². The number of rotatable bonds is 0. The number of alkyl halides is 2. The molecule has 2 heteroatoms. The van der Waals surface area contributed by atoms with E-state index < -0.39 is 0 Å². The minimum Gasteiger partial charge on any atom is -0.0672 e. The van der Waals surface area contributed by atoms with Gasteiger partial charge >= 0.3 is 0 Å². The van der Waals surface area contributed by atoms with Gasteiger partial charge in [0.15, 0.2) is 0 Å². The Bertz CT molecular complexity index is 42.9. The van der Waals surface area contributed by atoms with E-state index in [-0.39, 0.29) is 0 Å². The summed E-state index contributed by atoms with van der Waals surface area (Å²) in [5.74, 6) is 0. The third-order valence-corrected chi connectivity index (χ3v) is 2.79. The van der Waals surface area contributed by atoms with E-state index >= 15 is 0 Å². The van der Waals surface area contributed by atoms with Gasteiger partial charge in [0.05, 0.1) is 1.43 Å². The highest BCUT2D eigenvalue weighted by atomic mass is 127. The van der Waals surface area contributed by atoms with E-state index in [2.05, 4.69) is 45.2 Å². The van der Waals surface area contributed by atoms with E-state index in [1.807, 2.05) is 0 Å². The normalized spacial score (nSPS) is 30.0. The quantitative estimate of drug-likeness (QED) is 0.475. The van der Waals surface area contributed by atoms with E-state index in [9.17, 15) is 0 Å². The molecule has 0 amide bonds. The van der Waals surface area contributed by atoms with Crippen LogP contribution in [0.5, 0.6) is 0 Å². The van der Waals surface area contributed by atoms with Crippen molar-refractivity contribution >= 4 is 45.2 Å². The predicted octanol–water partition coefficient (Wildman–Crippen LogP) is 2.35. The molecule has 1 rings (SSSR count). The van der Waals surface area contributed by atoms with Crippen LogP contribution in [0.3, 0.4) is 0 Å². The van der Waals surface area contributed by atoms with Crippen LogP contribution in [0.1, 0.15) is 12.8 Å². The van der Waals surface area contributed by atoms with Crippen LogP contribution in [0.4, 0.5) is 0 Å². The molecular formula is C3H4I2. The molecule has 0 saturated heterocycles. The zero-order valence-electron chi connectivity index (χ0n) is 2.67. The van der Waals surface area contributed by atoms with Gasteiger partial charge in [-0.15, -0.1) is 0 Å². The van der Waals surface area contributed by atoms with Crippen LogP contribution < -0.4 is 0 Å². The van der Waals surface area contributed by atoms with E-state index in [1.54, 1.807) is 0 Å². The fourth-order valence-corrected chi connectivity index (χ4v) is 0.634. The number of hydrogen-bond donors (Lipinski definition) is 0. The molecule has 5 heavy (non-hydrogen) atoms. The second-order valence-corrected chi connectivity index (χ2v) is 7.55. The smallest absolute Gasteiger partial charge is 0.0672 e. The topological polar surface area (TPSA) is 0 Å². The molecule has 0 radical (unpaired) electrons. The standard InChI is InChI=1S/C3H4I2/c4-3(5)1-2-3/h1-2H2. The van der Waals surface area contributed by atoms with Crippen LogP contribution in [0.25, 0.3) is 0 Å². The minimum atomic E-state index is 0.690. The molecule has 0 aromatic rings. The first kappa shape index (κ1) is 4.61. The third kappa shape index (κ3) is 1.57. The molecule has 0 heterocycles. The molecule has 0 aliphatic heterocycles. The van der Waals surface area contributed by atoms with Crippen LogP contribution in [0.2, 0.25) is 0 Å². The van der Waals surface area contributed by atoms with Crippen molar-refractivity contribution in [1.29, 1.82) is 0 Å². The van der Waals surface area contributed by atoms with E-state index in [1.165, 1.54) is 12.8 Å². The Balaban J connectivity index is 2.38. The summed E-state index contributed by atoms with van der Waals surface area (Å²) in [6, 6.07) is 0. The lowest BCUT2D eigenvalue weighted by molar-refractivity contribution is 1.50. The molecule has 1 aliphatic carbocycles. The zero-order valence-corrected chi connectivity index (χ0v) is 6.99. The van der Waals surface area contributed by atoms with Gasteiger partial charge < -0.3 is 0 Å². The van der Waals surface area contributed by atoms with Gasteiger partial charge in [-0.2, -0.15) is 0 Å². The maximum absolute atomic E-state index is 2.48. The molecule has 1 fully saturated rings. The van der Waals surface area contributed by atoms with Crippen LogP contribution in [-0.4, -0.2) is 1.43 Å². The van der Waals surface area contributed by atoms with Gasteiger partial charge in [0.1, 0.15) is 0 Å². The Kier molecular flexibility index (Phi) is 1.12. The molecule has 0 unspecified atom stereocenters. The van der Waals surface area contributed by atoms with Crippen molar-refractivity contribution in [1.82, 2.24) is 0 Å². The van der Waals surface area contributed by atoms with E-state index in [0.29, 0.717) is 1.43 Å². The molecule has 0 nitrogen and oxygen atoms in total. The summed E-state index contributed by atoms with van der Waals surface area (Å²) >= 11 is 4.95. The first-order valence-electron chi connectivity index (χ1n) is 1.59. The van der Waals surface area contributed by atoms with Crippen molar-refractivity contribution in [2.24, 2.45) is 0 Å². The van der Waals surface area contributed by atoms with Gasteiger partial charge in [-0.05, 0) is 12.8 Å². The van der Waals surface area contributed by atoms with Crippen molar-refractivity contribution in [3.63, 3.8) is 0 Å². The van der Waals surface area contributed by atoms with Crippen molar-refractivity contribution in [2.45, 2.75) is 14.3 Å². The zero-order chi connectivity index (χ0) is 3.91. The molecule has 30 valence electrons. The van der Waals surface area contributed by atoms with Crippen LogP contribution in [0, 0.1) is 0 Å². The number of hydrogen-bond acceptors (Lipinski definition) is 0. The summed E-state index contributed by atoms with van der Waals surface area (Å²) in [5, 5.41) is 0. The van der Waals surface area contributed by atoms with Gasteiger partial charge in [-0.25, -0.2) is 0 Å². The lowest BCUT2D eigenvalue weighted by Gasteiger charge is -1.80. The molecule has 0 aromatic carbocycles. The summed E-state index contributed by atoms with van der Waals surface area (Å²) in [6.45, 7) is 0. The monoisotopic (exact) mass is 294 g/mol. The summed E-state index contributed by atoms with van der Waals surface area (Å²) in [7, 11) is 0. The van der Waals surface area contributed by atoms with Crippen LogP contribution in [-0.2, 0) is 0 Å². The first-order chi connectivity index (χ1) is 2.21. The van der Waals surface area contributed by atoms with Crippen molar-refractivity contribution in [2.75, 3.05) is 0 Å². The second-order valence-electron chi connectivity index (χ2n) is 1.36. The fraction of sp³-hybridized carbons (Fsp3) is 1.00. The summed E-state index contributed by atoms with van der Waals surface area (Å²) in [6.07, 6.45) is 2.85. The Morgan fingerprint density at radius 3 is 1.40 bits per heavy atom. The molecule has 0 N–H and O–H groups in total. The van der Waals surface area contributed by atoms with Gasteiger partial charge in [0, 0.05) is 0 Å². The van der Waals surface area contributed by atoms with Crippen LogP contribution in [0.15, 0.2) is 0 Å². The molecule has 1 aliphatic rings. The average molecular weight is 294 g/mol. The molecular weight excluding hydrogens is 290 g/mol. The van der Waals surface area contributed by atoms with Crippen molar-refractivity contribution in [3.05, 3.63) is 0 Å². The highest BCUT2D eigenvalue weighted by molar-refractivity contribution is 14.2. The summed E-state index contributed by atoms with van der Waals surface area (Å²) in [5.41, 5.74) is 0. The average Bonchev–Trinajstić information content (AvgIpc) is 1.76. The fourth-order valence-electron chi connectivity index (χ4n) is 0.0945. The van der Waals surface area contributed by atoms with E-state index in [0.717, 1.165) is 0 Å². The molecule has 0 bridgehead atoms. The van der Waals surface area contributed by atoms with Crippen molar-refractivity contribution < 1.29 is 0 Å². The highest BCUT2D eigenvalue weighted by Gasteiger charge is 2.35. The molecule has 0 spiro atoms. The minimum absolute atomic E-state index is 0.690. The first-order valence-corrected chi connectivity index (χ1v) is 3.74. The van der Waals surface area contributed by atoms with Gasteiger partial charge in [-0.3, -0.25) is 0 Å². The lowest BCUT2D eigenvalue weighted by atomic mass is 11.0. The maximum atomic E-state index is 2.48. The summed E-state index contributed by atoms with van der Waals surface area (Å²) in [4.78, 5) is 0. The predicted molar refractivity (Wildman–Crippen MR) is 40.0 cm³/mol. The Morgan fingerprint density at radius 2 is 1.40 bits per heavy atom. The maximum Gasteiger partial charge on any atom is 0.0736 e. The second kappa shape index (κ2) is 1.21. The third-order valence-electron chi connectivity index (χ3n) is 0.628. The molecule has 1 saturated carbocycles. The Labute approximate surface area is 59.0 Å². The Hall–Kier alpha value is 1.46. The number of halogens is 2. The van der Waals surface area contributed by atoms with Crippen LogP contribution >= 0.6 is 45.2 Å². The van der Waals surface area contributed by atoms with Gasteiger partial charge in [-0.1, -0.05) is 45.2 Å². The largest absolute Gasteiger partial charge is 0.0736 e. The van der Waals surface area contributed by atoms with Crippen molar-refractivity contribution in [3.8, 4) is 0 Å². The SMILES string of the molecule is IC1(I)CC1. The Morgan fingerprint density at radius 1 is 1.20 bits per heavy atom. The summed E-state index contributed by atoms with van der Waals surface area (Å²) < 4.78 is 0.690. The highest BCUT2D eigenvalue weighted by Crippen LogP contribution is 2.50. The molecule has 0 aromatic heterocycles. The van der Waals surface area contributed by atoms with Gasteiger partial charge in [0.25, 0.3) is 0 Å². The van der Waals surface area contributed by atoms with Gasteiger partial charge in [0.2, 0.25) is 0 Å². The molecule has 0 atom stereocenters. The lowest BCUT2D eigenvalue weighted by Crippen LogP contribution is -1.69.